The van der Waals surface area contributed by atoms with Gasteiger partial charge in [-0.15, -0.1) is 0 Å². The summed E-state index contributed by atoms with van der Waals surface area (Å²) in [6.45, 7) is 1.82. The van der Waals surface area contributed by atoms with Crippen LogP contribution in [0.25, 0.3) is 11.3 Å². The van der Waals surface area contributed by atoms with Gasteiger partial charge in [0.05, 0.1) is 30.4 Å². The van der Waals surface area contributed by atoms with E-state index in [1.54, 1.807) is 28.7 Å². The van der Waals surface area contributed by atoms with E-state index in [-0.39, 0.29) is 11.7 Å². The Hall–Kier alpha value is -2.61. The minimum absolute atomic E-state index is 0.163. The number of rotatable bonds is 3. The number of H-pyrrole nitrogens is 1. The van der Waals surface area contributed by atoms with E-state index in [1.807, 2.05) is 12.4 Å². The van der Waals surface area contributed by atoms with Crippen LogP contribution in [-0.2, 0) is 4.74 Å². The first-order valence-corrected chi connectivity index (χ1v) is 7.14. The summed E-state index contributed by atoms with van der Waals surface area (Å²) in [6.07, 6.45) is 8.38. The summed E-state index contributed by atoms with van der Waals surface area (Å²) >= 11 is 0. The number of aromatic amines is 1. The van der Waals surface area contributed by atoms with Gasteiger partial charge in [-0.25, -0.2) is 9.20 Å². The predicted octanol–water partition coefficient (Wildman–Crippen LogP) is 0.433. The first-order valence-electron chi connectivity index (χ1n) is 7.14. The van der Waals surface area contributed by atoms with E-state index < -0.39 is 0 Å². The van der Waals surface area contributed by atoms with Crippen LogP contribution in [0.1, 0.15) is 6.42 Å². The summed E-state index contributed by atoms with van der Waals surface area (Å²) in [7, 11) is 1.74. The van der Waals surface area contributed by atoms with Crippen molar-refractivity contribution in [1.29, 1.82) is 0 Å². The molecule has 1 aliphatic heterocycles. The van der Waals surface area contributed by atoms with Crippen molar-refractivity contribution in [3.05, 3.63) is 41.2 Å². The number of aromatic nitrogens is 5. The molecule has 1 aliphatic rings. The first-order chi connectivity index (χ1) is 10.7. The molecule has 8 nitrogen and oxygen atoms in total. The molecule has 1 N–H and O–H groups in total. The number of ether oxygens (including phenoxy) is 1. The molecule has 1 fully saturated rings. The Kier molecular flexibility index (Phi) is 2.97. The maximum absolute atomic E-state index is 11.5. The van der Waals surface area contributed by atoms with Gasteiger partial charge in [0.1, 0.15) is 5.69 Å². The predicted molar refractivity (Wildman–Crippen MR) is 80.6 cm³/mol. The minimum Gasteiger partial charge on any atom is -0.380 e. The van der Waals surface area contributed by atoms with Crippen molar-refractivity contribution < 1.29 is 4.74 Å². The average molecular weight is 300 g/mol. The lowest BCUT2D eigenvalue weighted by Gasteiger charge is -2.15. The molecule has 0 aliphatic carbocycles. The molecular formula is C14H16N6O2. The van der Waals surface area contributed by atoms with Gasteiger partial charge in [0, 0.05) is 32.5 Å². The highest BCUT2D eigenvalue weighted by Gasteiger charge is 2.23. The molecule has 1 saturated heterocycles. The summed E-state index contributed by atoms with van der Waals surface area (Å²) in [5, 5.41) is 8.61. The summed E-state index contributed by atoms with van der Waals surface area (Å²) in [6, 6.07) is 1.44. The monoisotopic (exact) mass is 300 g/mol. The molecule has 0 aromatic carbocycles. The van der Waals surface area contributed by atoms with Crippen LogP contribution in [0.4, 0.5) is 5.69 Å². The normalized spacial score (nSPS) is 18.4. The maximum atomic E-state index is 11.5. The van der Waals surface area contributed by atoms with Gasteiger partial charge in [-0.1, -0.05) is 0 Å². The third kappa shape index (κ3) is 2.08. The molecule has 4 rings (SSSR count). The van der Waals surface area contributed by atoms with Crippen molar-refractivity contribution in [2.24, 2.45) is 0 Å². The number of hydrogen-bond donors (Lipinski definition) is 1. The molecule has 0 bridgehead atoms. The first kappa shape index (κ1) is 13.1. The van der Waals surface area contributed by atoms with E-state index in [1.165, 1.54) is 6.07 Å². The van der Waals surface area contributed by atoms with E-state index in [9.17, 15) is 4.79 Å². The fraction of sp³-hybridized carbons (Fsp3) is 0.357. The standard InChI is InChI=1S/C14H16N6O2/c1-22-11-2-4-18(9-11)10-6-15-20(8-10)12-7-16-19-5-3-13(21)17-14(12)19/h3,5-8,11H,2,4,9H2,1H3,(H,17,21). The summed E-state index contributed by atoms with van der Waals surface area (Å²) in [5.74, 6) is 0. The summed E-state index contributed by atoms with van der Waals surface area (Å²) in [4.78, 5) is 16.5. The average Bonchev–Trinajstić information content (AvgIpc) is 3.24. The Morgan fingerprint density at radius 2 is 2.27 bits per heavy atom. The van der Waals surface area contributed by atoms with Crippen LogP contribution < -0.4 is 10.5 Å². The molecule has 0 radical (unpaired) electrons. The largest absolute Gasteiger partial charge is 0.380 e. The SMILES string of the molecule is COC1CCN(c2cnn(-c3cnn4ccc(=O)[nH]c34)c2)C1. The lowest BCUT2D eigenvalue weighted by atomic mass is 10.3. The Bertz CT molecular complexity index is 863. The highest BCUT2D eigenvalue weighted by Crippen LogP contribution is 2.22. The summed E-state index contributed by atoms with van der Waals surface area (Å²) in [5.41, 5.74) is 2.24. The van der Waals surface area contributed by atoms with Gasteiger partial charge in [0.15, 0.2) is 5.65 Å². The highest BCUT2D eigenvalue weighted by atomic mass is 16.5. The van der Waals surface area contributed by atoms with Crippen LogP contribution in [0.5, 0.6) is 0 Å². The number of nitrogens with zero attached hydrogens (tertiary/aromatic N) is 5. The molecule has 4 heterocycles. The van der Waals surface area contributed by atoms with Gasteiger partial charge in [-0.2, -0.15) is 10.2 Å². The second-order valence-electron chi connectivity index (χ2n) is 5.36. The molecule has 0 amide bonds. The number of nitrogens with one attached hydrogen (secondary N) is 1. The lowest BCUT2D eigenvalue weighted by molar-refractivity contribution is 0.121. The smallest absolute Gasteiger partial charge is 0.251 e. The topological polar surface area (TPSA) is 80.4 Å². The van der Waals surface area contributed by atoms with Gasteiger partial charge in [0.2, 0.25) is 0 Å². The Labute approximate surface area is 125 Å². The van der Waals surface area contributed by atoms with Gasteiger partial charge < -0.3 is 14.6 Å². The molecular weight excluding hydrogens is 284 g/mol. The zero-order valence-electron chi connectivity index (χ0n) is 12.1. The summed E-state index contributed by atoms with van der Waals surface area (Å²) < 4.78 is 8.74. The van der Waals surface area contributed by atoms with Gasteiger partial charge >= 0.3 is 0 Å². The molecule has 3 aromatic heterocycles. The van der Waals surface area contributed by atoms with E-state index in [0.717, 1.165) is 30.9 Å². The quantitative estimate of drug-likeness (QED) is 0.759. The van der Waals surface area contributed by atoms with Crippen LogP contribution in [0.3, 0.4) is 0 Å². The fourth-order valence-corrected chi connectivity index (χ4v) is 2.82. The lowest BCUT2D eigenvalue weighted by Crippen LogP contribution is -2.21. The van der Waals surface area contributed by atoms with E-state index in [2.05, 4.69) is 20.1 Å². The second kappa shape index (κ2) is 4.99. The molecule has 22 heavy (non-hydrogen) atoms. The van der Waals surface area contributed by atoms with Crippen molar-refractivity contribution in [2.45, 2.75) is 12.5 Å². The van der Waals surface area contributed by atoms with Crippen LogP contribution in [0.15, 0.2) is 35.6 Å². The van der Waals surface area contributed by atoms with Crippen LogP contribution >= 0.6 is 0 Å². The van der Waals surface area contributed by atoms with Crippen LogP contribution in [-0.4, -0.2) is 50.7 Å². The molecule has 8 heteroatoms. The van der Waals surface area contributed by atoms with Crippen molar-refractivity contribution in [3.8, 4) is 5.69 Å². The van der Waals surface area contributed by atoms with Gasteiger partial charge in [-0.05, 0) is 6.42 Å². The highest BCUT2D eigenvalue weighted by molar-refractivity contribution is 5.58. The molecule has 0 spiro atoms. The fourth-order valence-electron chi connectivity index (χ4n) is 2.82. The third-order valence-electron chi connectivity index (χ3n) is 4.04. The van der Waals surface area contributed by atoms with Gasteiger partial charge in [0.25, 0.3) is 5.56 Å². The Morgan fingerprint density at radius 3 is 3.09 bits per heavy atom. The molecule has 114 valence electrons. The number of anilines is 1. The zero-order valence-corrected chi connectivity index (χ0v) is 12.1. The third-order valence-corrected chi connectivity index (χ3v) is 4.04. The number of fused-ring (bicyclic) bond motifs is 1. The van der Waals surface area contributed by atoms with E-state index in [0.29, 0.717) is 5.65 Å². The van der Waals surface area contributed by atoms with Crippen molar-refractivity contribution in [3.63, 3.8) is 0 Å². The Morgan fingerprint density at radius 1 is 1.36 bits per heavy atom. The van der Waals surface area contributed by atoms with Crippen LogP contribution in [0.2, 0.25) is 0 Å². The minimum atomic E-state index is -0.163. The van der Waals surface area contributed by atoms with Crippen molar-refractivity contribution in [2.75, 3.05) is 25.1 Å². The molecule has 3 aromatic rings. The second-order valence-corrected chi connectivity index (χ2v) is 5.36. The molecule has 0 saturated carbocycles. The maximum Gasteiger partial charge on any atom is 0.251 e. The van der Waals surface area contributed by atoms with E-state index >= 15 is 0 Å². The number of methoxy groups -OCH3 is 1. The zero-order chi connectivity index (χ0) is 15.1. The van der Waals surface area contributed by atoms with E-state index in [4.69, 9.17) is 4.74 Å². The van der Waals surface area contributed by atoms with Gasteiger partial charge in [-0.3, -0.25) is 4.79 Å². The van der Waals surface area contributed by atoms with Crippen molar-refractivity contribution in [1.82, 2.24) is 24.4 Å². The Balaban J connectivity index is 1.68. The number of hydrogen-bond acceptors (Lipinski definition) is 5. The molecule has 1 unspecified atom stereocenters. The van der Waals surface area contributed by atoms with Crippen LogP contribution in [0, 0.1) is 0 Å². The van der Waals surface area contributed by atoms with Crippen molar-refractivity contribution >= 4 is 11.3 Å². The molecule has 1 atom stereocenters.